The molecule has 0 aliphatic carbocycles. The first-order chi connectivity index (χ1) is 11.0. The summed E-state index contributed by atoms with van der Waals surface area (Å²) in [5.41, 5.74) is 0. The Bertz CT molecular complexity index is 286. The third kappa shape index (κ3) is 18.0. The van der Waals surface area contributed by atoms with Gasteiger partial charge in [-0.1, -0.05) is 58.8 Å². The largest absolute Gasteiger partial charge is 1.00 e. The highest BCUT2D eigenvalue weighted by Gasteiger charge is 2.15. The molecule has 0 radical (unpaired) electrons. The van der Waals surface area contributed by atoms with Gasteiger partial charge in [0.25, 0.3) is 0 Å². The standard InChI is InChI=1S/C19H40NO3.ClH/c1-5-7-9-10-11-12-13-14-19(21)23-17-15-20(3,4)18-22-16-8-6-2;/h5-18H2,1-4H3;1H/q+1;/p-1. The number of likely N-dealkylation sites (N-methyl/N-ethyl adjacent to an activating group) is 1. The Morgan fingerprint density at radius 2 is 1.42 bits per heavy atom. The van der Waals surface area contributed by atoms with Gasteiger partial charge in [0.05, 0.1) is 20.7 Å². The van der Waals surface area contributed by atoms with E-state index in [1.807, 2.05) is 0 Å². The van der Waals surface area contributed by atoms with Crippen LogP contribution in [0.15, 0.2) is 0 Å². The van der Waals surface area contributed by atoms with E-state index in [1.165, 1.54) is 32.1 Å². The van der Waals surface area contributed by atoms with Gasteiger partial charge in [0, 0.05) is 6.42 Å². The Morgan fingerprint density at radius 3 is 2.04 bits per heavy atom. The predicted molar refractivity (Wildman–Crippen MR) is 96.3 cm³/mol. The highest BCUT2D eigenvalue weighted by atomic mass is 35.5. The van der Waals surface area contributed by atoms with E-state index in [4.69, 9.17) is 9.47 Å². The molecule has 0 aromatic carbocycles. The molecule has 0 atom stereocenters. The molecular weight excluding hydrogens is 326 g/mol. The quantitative estimate of drug-likeness (QED) is 0.180. The van der Waals surface area contributed by atoms with E-state index in [1.54, 1.807) is 0 Å². The van der Waals surface area contributed by atoms with Crippen molar-refractivity contribution in [2.45, 2.75) is 78.1 Å². The lowest BCUT2D eigenvalue weighted by atomic mass is 10.1. The second-order valence-corrected chi connectivity index (χ2v) is 7.14. The highest BCUT2D eigenvalue weighted by molar-refractivity contribution is 5.69. The molecule has 0 aromatic heterocycles. The minimum absolute atomic E-state index is 0. The second kappa shape index (κ2) is 17.5. The molecule has 0 rings (SSSR count). The average Bonchev–Trinajstić information content (AvgIpc) is 2.50. The molecule has 0 aromatic rings. The number of quaternary nitrogens is 1. The molecule has 146 valence electrons. The van der Waals surface area contributed by atoms with E-state index in [0.29, 0.717) is 19.8 Å². The van der Waals surface area contributed by atoms with Gasteiger partial charge in [0.15, 0.2) is 6.73 Å². The van der Waals surface area contributed by atoms with Gasteiger partial charge in [-0.25, -0.2) is 0 Å². The summed E-state index contributed by atoms with van der Waals surface area (Å²) in [7, 11) is 4.21. The Morgan fingerprint density at radius 1 is 0.833 bits per heavy atom. The van der Waals surface area contributed by atoms with Crippen LogP contribution in [0.25, 0.3) is 0 Å². The molecule has 0 aliphatic rings. The number of halogens is 1. The smallest absolute Gasteiger partial charge is 0.305 e. The van der Waals surface area contributed by atoms with Crippen LogP contribution in [-0.2, 0) is 14.3 Å². The van der Waals surface area contributed by atoms with E-state index >= 15 is 0 Å². The first kappa shape index (κ1) is 25.9. The van der Waals surface area contributed by atoms with Crippen molar-refractivity contribution in [3.05, 3.63) is 0 Å². The topological polar surface area (TPSA) is 35.5 Å². The second-order valence-electron chi connectivity index (χ2n) is 7.14. The third-order valence-electron chi connectivity index (χ3n) is 4.03. The van der Waals surface area contributed by atoms with Gasteiger partial charge in [-0.05, 0) is 12.8 Å². The molecular formula is C19H40ClNO3. The average molecular weight is 366 g/mol. The minimum atomic E-state index is -0.0505. The van der Waals surface area contributed by atoms with Gasteiger partial charge < -0.3 is 26.4 Å². The van der Waals surface area contributed by atoms with Crippen LogP contribution in [0.2, 0.25) is 0 Å². The summed E-state index contributed by atoms with van der Waals surface area (Å²) in [4.78, 5) is 11.7. The van der Waals surface area contributed by atoms with Gasteiger partial charge in [-0.3, -0.25) is 4.79 Å². The van der Waals surface area contributed by atoms with Crippen molar-refractivity contribution in [3.63, 3.8) is 0 Å². The third-order valence-corrected chi connectivity index (χ3v) is 4.03. The maximum atomic E-state index is 11.7. The number of esters is 1. The molecule has 24 heavy (non-hydrogen) atoms. The molecule has 0 amide bonds. The van der Waals surface area contributed by atoms with Crippen LogP contribution in [0.4, 0.5) is 0 Å². The Hall–Kier alpha value is -0.320. The first-order valence-corrected chi connectivity index (χ1v) is 9.57. The van der Waals surface area contributed by atoms with E-state index in [0.717, 1.165) is 43.3 Å². The molecule has 0 saturated heterocycles. The summed E-state index contributed by atoms with van der Waals surface area (Å²) in [5, 5.41) is 0. The number of rotatable bonds is 16. The molecule has 0 unspecified atom stereocenters. The van der Waals surface area contributed by atoms with Crippen LogP contribution in [-0.4, -0.2) is 51.0 Å². The van der Waals surface area contributed by atoms with E-state index < -0.39 is 0 Å². The van der Waals surface area contributed by atoms with Crippen LogP contribution in [0.3, 0.4) is 0 Å². The van der Waals surface area contributed by atoms with Crippen LogP contribution in [0.1, 0.15) is 78.1 Å². The van der Waals surface area contributed by atoms with Crippen molar-refractivity contribution in [2.24, 2.45) is 0 Å². The van der Waals surface area contributed by atoms with Crippen molar-refractivity contribution in [1.82, 2.24) is 0 Å². The number of hydrogen-bond acceptors (Lipinski definition) is 3. The summed E-state index contributed by atoms with van der Waals surface area (Å²) in [6.45, 7) is 7.17. The van der Waals surface area contributed by atoms with E-state index in [-0.39, 0.29) is 18.4 Å². The van der Waals surface area contributed by atoms with E-state index in [2.05, 4.69) is 27.9 Å². The number of carbonyl (C=O) groups excluding carboxylic acids is 1. The van der Waals surface area contributed by atoms with Crippen LogP contribution >= 0.6 is 0 Å². The number of ether oxygens (including phenoxy) is 2. The Balaban J connectivity index is 0. The van der Waals surface area contributed by atoms with Gasteiger partial charge in [0.1, 0.15) is 13.2 Å². The molecule has 0 N–H and O–H groups in total. The maximum Gasteiger partial charge on any atom is 0.305 e. The fourth-order valence-corrected chi connectivity index (χ4v) is 2.33. The van der Waals surface area contributed by atoms with Crippen molar-refractivity contribution in [2.75, 3.05) is 40.6 Å². The number of unbranched alkanes of at least 4 members (excludes halogenated alkanes) is 7. The zero-order valence-corrected chi connectivity index (χ0v) is 17.2. The van der Waals surface area contributed by atoms with Gasteiger partial charge >= 0.3 is 5.97 Å². The molecule has 5 heteroatoms. The monoisotopic (exact) mass is 365 g/mol. The number of hydrogen-bond donors (Lipinski definition) is 0. The Kier molecular flexibility index (Phi) is 18.9. The molecule has 0 bridgehead atoms. The zero-order valence-electron chi connectivity index (χ0n) is 16.4. The van der Waals surface area contributed by atoms with E-state index in [9.17, 15) is 4.79 Å². The zero-order chi connectivity index (χ0) is 17.4. The van der Waals surface area contributed by atoms with Crippen molar-refractivity contribution < 1.29 is 31.2 Å². The minimum Gasteiger partial charge on any atom is -1.00 e. The molecule has 0 saturated carbocycles. The van der Waals surface area contributed by atoms with Crippen LogP contribution < -0.4 is 12.4 Å². The van der Waals surface area contributed by atoms with Crippen molar-refractivity contribution in [1.29, 1.82) is 0 Å². The highest BCUT2D eigenvalue weighted by Crippen LogP contribution is 2.09. The first-order valence-electron chi connectivity index (χ1n) is 9.57. The molecule has 0 heterocycles. The summed E-state index contributed by atoms with van der Waals surface area (Å²) >= 11 is 0. The molecule has 0 aliphatic heterocycles. The van der Waals surface area contributed by atoms with Gasteiger partial charge in [0.2, 0.25) is 0 Å². The lowest BCUT2D eigenvalue weighted by Crippen LogP contribution is -3.00. The van der Waals surface area contributed by atoms with Gasteiger partial charge in [-0.2, -0.15) is 0 Å². The summed E-state index contributed by atoms with van der Waals surface area (Å²) in [6, 6.07) is 0. The predicted octanol–water partition coefficient (Wildman–Crippen LogP) is 1.52. The van der Waals surface area contributed by atoms with Crippen molar-refractivity contribution >= 4 is 5.97 Å². The summed E-state index contributed by atoms with van der Waals surface area (Å²) in [5.74, 6) is -0.0505. The Labute approximate surface area is 156 Å². The fourth-order valence-electron chi connectivity index (χ4n) is 2.33. The summed E-state index contributed by atoms with van der Waals surface area (Å²) < 4.78 is 11.7. The lowest BCUT2D eigenvalue weighted by Gasteiger charge is -2.28. The van der Waals surface area contributed by atoms with Crippen molar-refractivity contribution in [3.8, 4) is 0 Å². The summed E-state index contributed by atoms with van der Waals surface area (Å²) in [6.07, 6.45) is 11.4. The molecule has 4 nitrogen and oxygen atoms in total. The van der Waals surface area contributed by atoms with Crippen LogP contribution in [0, 0.1) is 0 Å². The number of nitrogens with zero attached hydrogens (tertiary/aromatic N) is 1. The maximum absolute atomic E-state index is 11.7. The fraction of sp³-hybridized carbons (Fsp3) is 0.947. The van der Waals surface area contributed by atoms with Crippen LogP contribution in [0.5, 0.6) is 0 Å². The SMILES string of the molecule is CCCCCCCCCC(=O)OCC[N+](C)(C)COCCCC.[Cl-]. The normalized spacial score (nSPS) is 11.2. The van der Waals surface area contributed by atoms with Gasteiger partial charge in [-0.15, -0.1) is 0 Å². The number of carbonyl (C=O) groups is 1. The molecule has 0 fully saturated rings. The molecule has 0 spiro atoms. The lowest BCUT2D eigenvalue weighted by molar-refractivity contribution is -0.909.